The van der Waals surface area contributed by atoms with E-state index >= 15 is 0 Å². The van der Waals surface area contributed by atoms with E-state index in [9.17, 15) is 8.42 Å². The Morgan fingerprint density at radius 2 is 1.96 bits per heavy atom. The summed E-state index contributed by atoms with van der Waals surface area (Å²) in [5.41, 5.74) is -0.208. The highest BCUT2D eigenvalue weighted by Gasteiger charge is 2.37. The third kappa shape index (κ3) is 4.06. The van der Waals surface area contributed by atoms with E-state index in [4.69, 9.17) is 9.47 Å². The summed E-state index contributed by atoms with van der Waals surface area (Å²) in [4.78, 5) is 1.39. The minimum absolute atomic E-state index is 0.185. The van der Waals surface area contributed by atoms with Gasteiger partial charge in [0, 0.05) is 30.1 Å². The quantitative estimate of drug-likeness (QED) is 0.800. The van der Waals surface area contributed by atoms with Crippen LogP contribution in [0.4, 0.5) is 0 Å². The van der Waals surface area contributed by atoms with Crippen LogP contribution in [0.15, 0.2) is 46.7 Å². The second kappa shape index (κ2) is 7.86. The molecule has 2 aromatic rings. The van der Waals surface area contributed by atoms with Gasteiger partial charge < -0.3 is 9.47 Å². The molecule has 1 N–H and O–H groups in total. The van der Waals surface area contributed by atoms with E-state index in [-0.39, 0.29) is 10.3 Å². The van der Waals surface area contributed by atoms with Gasteiger partial charge in [0.05, 0.1) is 6.61 Å². The first kappa shape index (κ1) is 18.4. The van der Waals surface area contributed by atoms with Crippen molar-refractivity contribution in [3.05, 3.63) is 46.7 Å². The average Bonchev–Trinajstić information content (AvgIpc) is 3.17. The highest BCUT2D eigenvalue weighted by molar-refractivity contribution is 7.89. The highest BCUT2D eigenvalue weighted by Crippen LogP contribution is 2.37. The van der Waals surface area contributed by atoms with Crippen LogP contribution >= 0.6 is 11.3 Å². The maximum atomic E-state index is 12.9. The van der Waals surface area contributed by atoms with Crippen molar-refractivity contribution < 1.29 is 17.9 Å². The SMILES string of the molecule is CCOc1ccccc1S(=O)(=O)NCC1(c2cccs2)CCOCC1. The Kier molecular flexibility index (Phi) is 5.78. The third-order valence-electron chi connectivity index (χ3n) is 4.53. The molecule has 3 rings (SSSR count). The Hall–Kier alpha value is -1.41. The van der Waals surface area contributed by atoms with Gasteiger partial charge in [-0.15, -0.1) is 11.3 Å². The van der Waals surface area contributed by atoms with E-state index in [2.05, 4.69) is 10.8 Å². The van der Waals surface area contributed by atoms with Gasteiger partial charge in [0.1, 0.15) is 10.6 Å². The summed E-state index contributed by atoms with van der Waals surface area (Å²) < 4.78 is 39.5. The van der Waals surface area contributed by atoms with Gasteiger partial charge in [-0.1, -0.05) is 18.2 Å². The predicted molar refractivity (Wildman–Crippen MR) is 98.8 cm³/mol. The number of ether oxygens (including phenoxy) is 2. The third-order valence-corrected chi connectivity index (χ3v) is 7.09. The molecule has 0 atom stereocenters. The molecule has 2 heterocycles. The Morgan fingerprint density at radius 3 is 2.64 bits per heavy atom. The normalized spacial score (nSPS) is 17.3. The maximum absolute atomic E-state index is 12.9. The molecule has 1 aliphatic rings. The second-order valence-electron chi connectivity index (χ2n) is 6.07. The van der Waals surface area contributed by atoms with Gasteiger partial charge in [-0.05, 0) is 43.3 Å². The number of sulfonamides is 1. The van der Waals surface area contributed by atoms with Crippen LogP contribution in [0, 0.1) is 0 Å². The van der Waals surface area contributed by atoms with Gasteiger partial charge in [0.15, 0.2) is 0 Å². The standard InChI is InChI=1S/C18H23NO4S2/c1-2-23-15-6-3-4-7-16(15)25(20,21)19-14-18(9-11-22-12-10-18)17-8-5-13-24-17/h3-8,13,19H,2,9-12,14H2,1H3. The minimum Gasteiger partial charge on any atom is -0.492 e. The van der Waals surface area contributed by atoms with Crippen molar-refractivity contribution in [2.24, 2.45) is 0 Å². The van der Waals surface area contributed by atoms with Crippen LogP contribution in [0.2, 0.25) is 0 Å². The van der Waals surface area contributed by atoms with Crippen molar-refractivity contribution >= 4 is 21.4 Å². The first-order chi connectivity index (χ1) is 12.1. The fraction of sp³-hybridized carbons (Fsp3) is 0.444. The van der Waals surface area contributed by atoms with E-state index in [1.165, 1.54) is 4.88 Å². The van der Waals surface area contributed by atoms with E-state index < -0.39 is 10.0 Å². The Morgan fingerprint density at radius 1 is 1.20 bits per heavy atom. The van der Waals surface area contributed by atoms with Gasteiger partial charge in [-0.2, -0.15) is 0 Å². The lowest BCUT2D eigenvalue weighted by molar-refractivity contribution is 0.0529. The van der Waals surface area contributed by atoms with Crippen LogP contribution in [-0.2, 0) is 20.2 Å². The molecule has 5 nitrogen and oxygen atoms in total. The fourth-order valence-corrected chi connectivity index (χ4v) is 5.37. The van der Waals surface area contributed by atoms with E-state index in [0.29, 0.717) is 32.1 Å². The van der Waals surface area contributed by atoms with Crippen molar-refractivity contribution in [2.45, 2.75) is 30.1 Å². The highest BCUT2D eigenvalue weighted by atomic mass is 32.2. The van der Waals surface area contributed by atoms with Gasteiger partial charge in [-0.3, -0.25) is 0 Å². The van der Waals surface area contributed by atoms with Crippen LogP contribution in [0.25, 0.3) is 0 Å². The fourth-order valence-electron chi connectivity index (χ4n) is 3.11. The Bertz CT molecular complexity index is 781. The molecule has 0 spiro atoms. The van der Waals surface area contributed by atoms with Gasteiger partial charge in [0.2, 0.25) is 10.0 Å². The molecule has 25 heavy (non-hydrogen) atoms. The predicted octanol–water partition coefficient (Wildman–Crippen LogP) is 3.17. The van der Waals surface area contributed by atoms with Crippen molar-refractivity contribution in [1.29, 1.82) is 0 Å². The van der Waals surface area contributed by atoms with Gasteiger partial charge in [-0.25, -0.2) is 13.1 Å². The number of hydrogen-bond donors (Lipinski definition) is 1. The topological polar surface area (TPSA) is 64.6 Å². The van der Waals surface area contributed by atoms with Crippen LogP contribution in [0.5, 0.6) is 5.75 Å². The number of benzene rings is 1. The number of thiophene rings is 1. The zero-order valence-corrected chi connectivity index (χ0v) is 15.9. The molecule has 1 aliphatic heterocycles. The van der Waals surface area contributed by atoms with Crippen LogP contribution < -0.4 is 9.46 Å². The van der Waals surface area contributed by atoms with Crippen LogP contribution in [0.1, 0.15) is 24.6 Å². The molecular formula is C18H23NO4S2. The molecular weight excluding hydrogens is 358 g/mol. The first-order valence-electron chi connectivity index (χ1n) is 8.41. The van der Waals surface area contributed by atoms with E-state index in [1.54, 1.807) is 35.6 Å². The van der Waals surface area contributed by atoms with Crippen molar-refractivity contribution in [2.75, 3.05) is 26.4 Å². The molecule has 1 aromatic heterocycles. The lowest BCUT2D eigenvalue weighted by Gasteiger charge is -2.36. The van der Waals surface area contributed by atoms with E-state index in [0.717, 1.165) is 12.8 Å². The zero-order valence-electron chi connectivity index (χ0n) is 14.2. The summed E-state index contributed by atoms with van der Waals surface area (Å²) in [6.07, 6.45) is 1.62. The molecule has 1 saturated heterocycles. The lowest BCUT2D eigenvalue weighted by Crippen LogP contribution is -2.44. The summed E-state index contributed by atoms with van der Waals surface area (Å²) in [5.74, 6) is 0.384. The minimum atomic E-state index is -3.65. The monoisotopic (exact) mass is 381 g/mol. The number of nitrogens with one attached hydrogen (secondary N) is 1. The second-order valence-corrected chi connectivity index (χ2v) is 8.76. The molecule has 7 heteroatoms. The summed E-state index contributed by atoms with van der Waals surface area (Å²) in [6.45, 7) is 3.91. The summed E-state index contributed by atoms with van der Waals surface area (Å²) in [6, 6.07) is 10.8. The van der Waals surface area contributed by atoms with Crippen molar-refractivity contribution in [3.8, 4) is 5.75 Å². The molecule has 1 aromatic carbocycles. The molecule has 0 radical (unpaired) electrons. The van der Waals surface area contributed by atoms with Crippen molar-refractivity contribution in [3.63, 3.8) is 0 Å². The molecule has 0 unspecified atom stereocenters. The van der Waals surface area contributed by atoms with E-state index in [1.807, 2.05) is 18.4 Å². The van der Waals surface area contributed by atoms with Crippen molar-refractivity contribution in [1.82, 2.24) is 4.72 Å². The largest absolute Gasteiger partial charge is 0.492 e. The summed E-state index contributed by atoms with van der Waals surface area (Å²) in [7, 11) is -3.65. The molecule has 1 fully saturated rings. The molecule has 0 amide bonds. The lowest BCUT2D eigenvalue weighted by atomic mass is 9.79. The molecule has 0 saturated carbocycles. The maximum Gasteiger partial charge on any atom is 0.244 e. The Labute approximate surface area is 153 Å². The van der Waals surface area contributed by atoms with Crippen LogP contribution in [-0.4, -0.2) is 34.8 Å². The van der Waals surface area contributed by atoms with Gasteiger partial charge >= 0.3 is 0 Å². The summed E-state index contributed by atoms with van der Waals surface area (Å²) >= 11 is 1.67. The number of para-hydroxylation sites is 1. The van der Waals surface area contributed by atoms with Gasteiger partial charge in [0.25, 0.3) is 0 Å². The first-order valence-corrected chi connectivity index (χ1v) is 10.8. The summed E-state index contributed by atoms with van der Waals surface area (Å²) in [5, 5.41) is 2.03. The zero-order chi connectivity index (χ0) is 17.8. The smallest absolute Gasteiger partial charge is 0.244 e. The molecule has 0 aliphatic carbocycles. The number of rotatable bonds is 7. The number of hydrogen-bond acceptors (Lipinski definition) is 5. The average molecular weight is 382 g/mol. The molecule has 136 valence electrons. The van der Waals surface area contributed by atoms with Crippen LogP contribution in [0.3, 0.4) is 0 Å². The Balaban J connectivity index is 1.83. The molecule has 0 bridgehead atoms.